The highest BCUT2D eigenvalue weighted by atomic mass is 35.5. The van der Waals surface area contributed by atoms with Crippen LogP contribution < -0.4 is 0 Å². The van der Waals surface area contributed by atoms with Crippen LogP contribution in [0.15, 0.2) is 65.1 Å². The van der Waals surface area contributed by atoms with E-state index in [1.54, 1.807) is 28.0 Å². The quantitative estimate of drug-likeness (QED) is 0.334. The van der Waals surface area contributed by atoms with Gasteiger partial charge in [-0.05, 0) is 49.2 Å². The molecule has 3 aromatic rings. The van der Waals surface area contributed by atoms with E-state index in [4.69, 9.17) is 32.4 Å². The Balaban J connectivity index is 1.52. The molecule has 1 fully saturated rings. The maximum absolute atomic E-state index is 13.7. The lowest BCUT2D eigenvalue weighted by Crippen LogP contribution is -2.47. The van der Waals surface area contributed by atoms with Crippen LogP contribution in [0.2, 0.25) is 10.0 Å². The lowest BCUT2D eigenvalue weighted by Gasteiger charge is -2.31. The first-order valence-electron chi connectivity index (χ1n) is 12.8. The number of ether oxygens (including phenoxy) is 1. The third-order valence-corrected chi connectivity index (χ3v) is 7.12. The van der Waals surface area contributed by atoms with Crippen molar-refractivity contribution < 1.29 is 18.7 Å². The summed E-state index contributed by atoms with van der Waals surface area (Å²) in [5.41, 5.74) is 1.46. The molecule has 1 aliphatic rings. The van der Waals surface area contributed by atoms with Crippen molar-refractivity contribution in [2.45, 2.75) is 19.9 Å². The number of benzene rings is 2. The van der Waals surface area contributed by atoms with Gasteiger partial charge in [0.25, 0.3) is 5.91 Å². The summed E-state index contributed by atoms with van der Waals surface area (Å²) in [5, 5.41) is 0.710. The molecule has 0 aliphatic carbocycles. The van der Waals surface area contributed by atoms with Gasteiger partial charge in [-0.2, -0.15) is 0 Å². The largest absolute Gasteiger partial charge is 0.464 e. The molecule has 202 valence electrons. The topological polar surface area (TPSA) is 66.2 Å². The summed E-state index contributed by atoms with van der Waals surface area (Å²) in [4.78, 5) is 32.9. The predicted molar refractivity (Wildman–Crippen MR) is 149 cm³/mol. The molecular formula is C29H33Cl2N3O4. The van der Waals surface area contributed by atoms with E-state index in [1.165, 1.54) is 0 Å². The van der Waals surface area contributed by atoms with E-state index in [0.717, 1.165) is 24.4 Å². The Bertz CT molecular complexity index is 1210. The Morgan fingerprint density at radius 2 is 1.71 bits per heavy atom. The van der Waals surface area contributed by atoms with E-state index >= 15 is 0 Å². The maximum Gasteiger partial charge on any atom is 0.255 e. The first-order chi connectivity index (χ1) is 18.4. The highest BCUT2D eigenvalue weighted by molar-refractivity contribution is 6.36. The summed E-state index contributed by atoms with van der Waals surface area (Å²) in [6.45, 7) is 6.54. The molecule has 0 atom stereocenters. The number of carbonyl (C=O) groups excluding carboxylic acids is 2. The highest BCUT2D eigenvalue weighted by Gasteiger charge is 2.25. The van der Waals surface area contributed by atoms with Crippen molar-refractivity contribution >= 4 is 35.0 Å². The number of rotatable bonds is 11. The smallest absolute Gasteiger partial charge is 0.255 e. The first-order valence-corrected chi connectivity index (χ1v) is 13.6. The van der Waals surface area contributed by atoms with E-state index < -0.39 is 0 Å². The Morgan fingerprint density at radius 1 is 0.947 bits per heavy atom. The molecule has 2 heterocycles. The molecule has 0 unspecified atom stereocenters. The molecule has 0 spiro atoms. The van der Waals surface area contributed by atoms with E-state index in [1.807, 2.05) is 49.4 Å². The van der Waals surface area contributed by atoms with Crippen LogP contribution in [0.5, 0.6) is 0 Å². The fourth-order valence-electron chi connectivity index (χ4n) is 4.39. The molecule has 0 bridgehead atoms. The monoisotopic (exact) mass is 557 g/mol. The summed E-state index contributed by atoms with van der Waals surface area (Å²) < 4.78 is 11.2. The van der Waals surface area contributed by atoms with E-state index in [0.29, 0.717) is 62.2 Å². The van der Waals surface area contributed by atoms with Crippen LogP contribution in [0.3, 0.4) is 0 Å². The standard InChI is InChI=1S/C29H33Cl2N3O4/c1-22-7-9-25(38-22)20-33(12-11-23-5-3-2-4-6-23)28(35)21-34(14-13-32-15-17-37-18-16-32)29(36)26-10-8-24(30)19-27(26)31/h2-10,19H,11-18,20-21H2,1H3. The number of aryl methyl sites for hydroxylation is 1. The van der Waals surface area contributed by atoms with Gasteiger partial charge in [-0.1, -0.05) is 53.5 Å². The number of halogens is 2. The number of amides is 2. The number of carbonyl (C=O) groups is 2. The molecule has 4 rings (SSSR count). The van der Waals surface area contributed by atoms with Crippen molar-refractivity contribution in [2.75, 3.05) is 52.5 Å². The van der Waals surface area contributed by atoms with Gasteiger partial charge in [-0.25, -0.2) is 0 Å². The Morgan fingerprint density at radius 3 is 2.39 bits per heavy atom. The zero-order chi connectivity index (χ0) is 26.9. The second-order valence-corrected chi connectivity index (χ2v) is 10.2. The van der Waals surface area contributed by atoms with Crippen LogP contribution in [-0.2, 0) is 22.5 Å². The van der Waals surface area contributed by atoms with Crippen molar-refractivity contribution in [3.05, 3.63) is 93.4 Å². The summed E-state index contributed by atoms with van der Waals surface area (Å²) in [7, 11) is 0. The van der Waals surface area contributed by atoms with E-state index in [9.17, 15) is 9.59 Å². The Labute approximate surface area is 233 Å². The fourth-order valence-corrected chi connectivity index (χ4v) is 4.88. The van der Waals surface area contributed by atoms with Crippen molar-refractivity contribution in [2.24, 2.45) is 0 Å². The molecule has 9 heteroatoms. The van der Waals surface area contributed by atoms with Gasteiger partial charge in [-0.3, -0.25) is 14.5 Å². The molecule has 1 saturated heterocycles. The minimum atomic E-state index is -0.301. The first kappa shape index (κ1) is 28.2. The maximum atomic E-state index is 13.7. The van der Waals surface area contributed by atoms with Crippen LogP contribution in [0.1, 0.15) is 27.4 Å². The minimum absolute atomic E-state index is 0.0728. The van der Waals surface area contributed by atoms with Crippen LogP contribution >= 0.6 is 23.2 Å². The van der Waals surface area contributed by atoms with Gasteiger partial charge in [0.2, 0.25) is 5.91 Å². The average Bonchev–Trinajstić information content (AvgIpc) is 3.34. The molecule has 1 aliphatic heterocycles. The molecule has 38 heavy (non-hydrogen) atoms. The lowest BCUT2D eigenvalue weighted by molar-refractivity contribution is -0.132. The Hall–Kier alpha value is -2.84. The van der Waals surface area contributed by atoms with Crippen molar-refractivity contribution in [3.63, 3.8) is 0 Å². The second kappa shape index (κ2) is 13.8. The van der Waals surface area contributed by atoms with Gasteiger partial charge in [0.05, 0.1) is 30.3 Å². The van der Waals surface area contributed by atoms with Gasteiger partial charge in [0, 0.05) is 37.7 Å². The SMILES string of the molecule is Cc1ccc(CN(CCc2ccccc2)C(=O)CN(CCN2CCOCC2)C(=O)c2ccc(Cl)cc2Cl)o1. The molecule has 1 aromatic heterocycles. The van der Waals surface area contributed by atoms with Crippen LogP contribution in [0, 0.1) is 6.92 Å². The lowest BCUT2D eigenvalue weighted by atomic mass is 10.1. The zero-order valence-electron chi connectivity index (χ0n) is 21.6. The van der Waals surface area contributed by atoms with Crippen LogP contribution in [0.4, 0.5) is 0 Å². The third kappa shape index (κ3) is 8.08. The average molecular weight is 559 g/mol. The van der Waals surface area contributed by atoms with E-state index in [-0.39, 0.29) is 23.4 Å². The number of morpholine rings is 1. The van der Waals surface area contributed by atoms with Crippen molar-refractivity contribution in [1.82, 2.24) is 14.7 Å². The summed E-state index contributed by atoms with van der Waals surface area (Å²) in [5.74, 6) is 1.03. The van der Waals surface area contributed by atoms with Gasteiger partial charge in [-0.15, -0.1) is 0 Å². The fraction of sp³-hybridized carbons (Fsp3) is 0.379. The highest BCUT2D eigenvalue weighted by Crippen LogP contribution is 2.23. The number of hydrogen-bond donors (Lipinski definition) is 0. The molecule has 0 radical (unpaired) electrons. The molecule has 0 N–H and O–H groups in total. The number of nitrogens with zero attached hydrogens (tertiary/aromatic N) is 3. The summed E-state index contributed by atoms with van der Waals surface area (Å²) >= 11 is 12.4. The van der Waals surface area contributed by atoms with Gasteiger partial charge in [0.1, 0.15) is 18.1 Å². The third-order valence-electron chi connectivity index (χ3n) is 6.57. The van der Waals surface area contributed by atoms with Gasteiger partial charge < -0.3 is 19.0 Å². The molecule has 2 amide bonds. The normalized spacial score (nSPS) is 13.9. The second-order valence-electron chi connectivity index (χ2n) is 9.37. The molecule has 7 nitrogen and oxygen atoms in total. The minimum Gasteiger partial charge on any atom is -0.464 e. The van der Waals surface area contributed by atoms with Gasteiger partial charge >= 0.3 is 0 Å². The van der Waals surface area contributed by atoms with E-state index in [2.05, 4.69) is 4.90 Å². The summed E-state index contributed by atoms with van der Waals surface area (Å²) in [6, 6.07) is 18.6. The Kier molecular flexibility index (Phi) is 10.2. The van der Waals surface area contributed by atoms with Crippen molar-refractivity contribution in [3.8, 4) is 0 Å². The van der Waals surface area contributed by atoms with Crippen LogP contribution in [0.25, 0.3) is 0 Å². The van der Waals surface area contributed by atoms with Gasteiger partial charge in [0.15, 0.2) is 0 Å². The number of furan rings is 1. The zero-order valence-corrected chi connectivity index (χ0v) is 23.1. The molecular weight excluding hydrogens is 525 g/mol. The molecule has 0 saturated carbocycles. The molecule has 2 aromatic carbocycles. The predicted octanol–water partition coefficient (Wildman–Crippen LogP) is 4.94. The summed E-state index contributed by atoms with van der Waals surface area (Å²) in [6.07, 6.45) is 0.691. The van der Waals surface area contributed by atoms with Crippen molar-refractivity contribution in [1.29, 1.82) is 0 Å². The van der Waals surface area contributed by atoms with Crippen LogP contribution in [-0.4, -0.2) is 79.0 Å². The number of hydrogen-bond acceptors (Lipinski definition) is 5.